The van der Waals surface area contributed by atoms with Crippen LogP contribution in [-0.2, 0) is 24.2 Å². The first-order valence-corrected chi connectivity index (χ1v) is 10.9. The molecule has 34 heavy (non-hydrogen) atoms. The molecule has 4 heterocycles. The summed E-state index contributed by atoms with van der Waals surface area (Å²) >= 11 is 0. The fraction of sp³-hybridized carbons (Fsp3) is 0.318. The molecule has 1 aliphatic heterocycles. The Kier molecular flexibility index (Phi) is 7.38. The lowest BCUT2D eigenvalue weighted by atomic mass is 10.0. The summed E-state index contributed by atoms with van der Waals surface area (Å²) in [5.41, 5.74) is 1.29. The number of aromatic amines is 1. The fourth-order valence-electron chi connectivity index (χ4n) is 3.49. The highest BCUT2D eigenvalue weighted by Gasteiger charge is 2.32. The molecule has 3 aromatic heterocycles. The minimum Gasteiger partial charge on any atom is -0.345 e. The van der Waals surface area contributed by atoms with E-state index in [2.05, 4.69) is 51.5 Å². The molecule has 0 radical (unpaired) electrons. The van der Waals surface area contributed by atoms with Gasteiger partial charge in [-0.25, -0.2) is 0 Å². The Morgan fingerprint density at radius 2 is 1.76 bits per heavy atom. The lowest BCUT2D eigenvalue weighted by molar-refractivity contribution is -0.121. The first-order chi connectivity index (χ1) is 16.6. The topological polar surface area (TPSA) is 163 Å². The molecule has 1 unspecified atom stereocenters. The van der Waals surface area contributed by atoms with Crippen LogP contribution in [0.25, 0.3) is 0 Å². The second kappa shape index (κ2) is 11.0. The van der Waals surface area contributed by atoms with Crippen molar-refractivity contribution in [3.8, 4) is 0 Å². The summed E-state index contributed by atoms with van der Waals surface area (Å²) in [6.07, 6.45) is 7.43. The predicted molar refractivity (Wildman–Crippen MR) is 122 cm³/mol. The molecule has 0 saturated carbocycles. The third-order valence-electron chi connectivity index (χ3n) is 5.18. The molecule has 1 aliphatic rings. The van der Waals surface area contributed by atoms with Crippen LogP contribution >= 0.6 is 0 Å². The molecule has 0 bridgehead atoms. The Bertz CT molecular complexity index is 1150. The number of hydrogen-bond acceptors (Lipinski definition) is 9. The highest BCUT2D eigenvalue weighted by Crippen LogP contribution is 2.20. The van der Waals surface area contributed by atoms with E-state index in [1.807, 2.05) is 24.3 Å². The summed E-state index contributed by atoms with van der Waals surface area (Å²) in [6, 6.07) is 10.9. The van der Waals surface area contributed by atoms with Crippen molar-refractivity contribution in [2.45, 2.75) is 44.3 Å². The van der Waals surface area contributed by atoms with E-state index in [0.717, 1.165) is 5.69 Å². The van der Waals surface area contributed by atoms with E-state index in [-0.39, 0.29) is 23.9 Å². The number of nitrogens with one attached hydrogen (secondary N) is 3. The molecule has 3 aromatic rings. The molecule has 3 N–H and O–H groups in total. The van der Waals surface area contributed by atoms with Crippen molar-refractivity contribution in [2.24, 2.45) is 15.4 Å². The van der Waals surface area contributed by atoms with E-state index < -0.39 is 5.66 Å². The number of aromatic nitrogens is 5. The molecule has 0 aromatic carbocycles. The molecular weight excluding hydrogens is 436 g/mol. The maximum absolute atomic E-state index is 12.5. The summed E-state index contributed by atoms with van der Waals surface area (Å²) in [5.74, 6) is -0.529. The van der Waals surface area contributed by atoms with E-state index in [1.165, 1.54) is 6.21 Å². The molecule has 2 amide bonds. The van der Waals surface area contributed by atoms with Gasteiger partial charge in [-0.3, -0.25) is 19.6 Å². The number of nitrogens with zero attached hydrogens (tertiary/aromatic N) is 7. The van der Waals surface area contributed by atoms with Gasteiger partial charge in [-0.05, 0) is 55.2 Å². The molecular formula is C22H24N10O2. The van der Waals surface area contributed by atoms with Crippen LogP contribution in [0.15, 0.2) is 64.2 Å². The Morgan fingerprint density at radius 3 is 2.47 bits per heavy atom. The number of H-pyrrole nitrogens is 1. The Hall–Kier alpha value is -4.35. The number of unbranched alkanes of at least 4 members (excludes halogenated alkanes) is 1. The SMILES string of the molecule is O=C(Cc1ccccn1)NC1(CCCCc2n[nH]nc2C(=O)NCc2ccccn2)C=NN=N1. The van der Waals surface area contributed by atoms with E-state index in [9.17, 15) is 9.59 Å². The highest BCUT2D eigenvalue weighted by molar-refractivity contribution is 5.93. The Labute approximate surface area is 195 Å². The quantitative estimate of drug-likeness (QED) is 0.369. The lowest BCUT2D eigenvalue weighted by Gasteiger charge is -2.22. The van der Waals surface area contributed by atoms with Crippen LogP contribution in [0.1, 0.15) is 46.8 Å². The minimum atomic E-state index is -0.974. The number of carbonyl (C=O) groups excluding carboxylic acids is 2. The number of rotatable bonds is 11. The molecule has 0 spiro atoms. The molecule has 12 nitrogen and oxygen atoms in total. The Morgan fingerprint density at radius 1 is 0.971 bits per heavy atom. The second-order valence-corrected chi connectivity index (χ2v) is 7.73. The zero-order valence-corrected chi connectivity index (χ0v) is 18.4. The molecule has 0 fully saturated rings. The van der Waals surface area contributed by atoms with Crippen molar-refractivity contribution in [2.75, 3.05) is 0 Å². The second-order valence-electron chi connectivity index (χ2n) is 7.73. The first kappa shape index (κ1) is 22.8. The number of aryl methyl sites for hydroxylation is 1. The number of carbonyl (C=O) groups is 2. The van der Waals surface area contributed by atoms with Crippen LogP contribution < -0.4 is 10.6 Å². The average Bonchev–Trinajstić information content (AvgIpc) is 3.51. The van der Waals surface area contributed by atoms with Crippen molar-refractivity contribution >= 4 is 18.0 Å². The first-order valence-electron chi connectivity index (χ1n) is 10.9. The molecule has 12 heteroatoms. The molecule has 0 saturated heterocycles. The number of amides is 2. The normalized spacial score (nSPS) is 16.5. The molecule has 4 rings (SSSR count). The third-order valence-corrected chi connectivity index (χ3v) is 5.18. The van der Waals surface area contributed by atoms with Gasteiger partial charge in [-0.1, -0.05) is 12.1 Å². The molecule has 0 aliphatic carbocycles. The van der Waals surface area contributed by atoms with Gasteiger partial charge in [0.05, 0.1) is 30.6 Å². The summed E-state index contributed by atoms with van der Waals surface area (Å²) < 4.78 is 0. The molecule has 174 valence electrons. The standard InChI is InChI=1S/C22H24N10O2/c33-19(13-16-7-2-5-11-23-16)27-22(15-26-31-30-22)10-4-1-9-18-20(29-32-28-18)21(34)25-14-17-8-3-6-12-24-17/h2-3,5-8,11-12,15H,1,4,9-10,13-14H2,(H,25,34)(H,27,33)(H,28,29,32). The maximum Gasteiger partial charge on any atom is 0.274 e. The van der Waals surface area contributed by atoms with Crippen LogP contribution in [0, 0.1) is 0 Å². The summed E-state index contributed by atoms with van der Waals surface area (Å²) in [7, 11) is 0. The number of pyridine rings is 2. The van der Waals surface area contributed by atoms with Gasteiger partial charge in [0, 0.05) is 18.1 Å². The van der Waals surface area contributed by atoms with E-state index in [1.54, 1.807) is 24.5 Å². The number of hydrogen-bond donors (Lipinski definition) is 3. The zero-order valence-electron chi connectivity index (χ0n) is 18.4. The molecule has 1 atom stereocenters. The van der Waals surface area contributed by atoms with E-state index in [4.69, 9.17) is 0 Å². The van der Waals surface area contributed by atoms with Gasteiger partial charge in [-0.2, -0.15) is 15.4 Å². The van der Waals surface area contributed by atoms with Crippen molar-refractivity contribution in [3.63, 3.8) is 0 Å². The van der Waals surface area contributed by atoms with Gasteiger partial charge >= 0.3 is 0 Å². The summed E-state index contributed by atoms with van der Waals surface area (Å²) in [5, 5.41) is 28.0. The van der Waals surface area contributed by atoms with E-state index in [0.29, 0.717) is 43.6 Å². The van der Waals surface area contributed by atoms with Crippen molar-refractivity contribution in [3.05, 3.63) is 71.6 Å². The van der Waals surface area contributed by atoms with Gasteiger partial charge in [0.1, 0.15) is 0 Å². The van der Waals surface area contributed by atoms with Crippen LogP contribution in [0.2, 0.25) is 0 Å². The average molecular weight is 461 g/mol. The fourth-order valence-corrected chi connectivity index (χ4v) is 3.49. The summed E-state index contributed by atoms with van der Waals surface area (Å²) in [4.78, 5) is 33.4. The largest absolute Gasteiger partial charge is 0.345 e. The minimum absolute atomic E-state index is 0.141. The van der Waals surface area contributed by atoms with Crippen LogP contribution in [0.5, 0.6) is 0 Å². The van der Waals surface area contributed by atoms with Crippen molar-refractivity contribution in [1.82, 2.24) is 36.0 Å². The van der Waals surface area contributed by atoms with E-state index >= 15 is 0 Å². The highest BCUT2D eigenvalue weighted by atomic mass is 16.2. The third kappa shape index (κ3) is 6.12. The summed E-state index contributed by atoms with van der Waals surface area (Å²) in [6.45, 7) is 0.303. The predicted octanol–water partition coefficient (Wildman–Crippen LogP) is 1.74. The zero-order chi connectivity index (χ0) is 23.6. The van der Waals surface area contributed by atoms with Gasteiger partial charge in [0.25, 0.3) is 5.91 Å². The van der Waals surface area contributed by atoms with Gasteiger partial charge in [0.2, 0.25) is 5.91 Å². The lowest BCUT2D eigenvalue weighted by Crippen LogP contribution is -2.47. The smallest absolute Gasteiger partial charge is 0.274 e. The Balaban J connectivity index is 1.26. The van der Waals surface area contributed by atoms with Gasteiger partial charge in [-0.15, -0.1) is 10.2 Å². The maximum atomic E-state index is 12.5. The van der Waals surface area contributed by atoms with Crippen LogP contribution in [0.4, 0.5) is 0 Å². The monoisotopic (exact) mass is 460 g/mol. The van der Waals surface area contributed by atoms with Gasteiger partial charge in [0.15, 0.2) is 11.4 Å². The van der Waals surface area contributed by atoms with Crippen molar-refractivity contribution < 1.29 is 9.59 Å². The van der Waals surface area contributed by atoms with Crippen molar-refractivity contribution in [1.29, 1.82) is 0 Å². The van der Waals surface area contributed by atoms with Crippen LogP contribution in [-0.4, -0.2) is 49.1 Å². The van der Waals surface area contributed by atoms with Crippen LogP contribution in [0.3, 0.4) is 0 Å². The van der Waals surface area contributed by atoms with Gasteiger partial charge < -0.3 is 10.6 Å².